The van der Waals surface area contributed by atoms with Crippen molar-refractivity contribution in [3.8, 4) is 0 Å². The molecule has 3 rings (SSSR count). The average Bonchev–Trinajstić information content (AvgIpc) is 2.89. The monoisotopic (exact) mass is 341 g/mol. The summed E-state index contributed by atoms with van der Waals surface area (Å²) in [5.41, 5.74) is 6.06. The molecule has 0 aromatic heterocycles. The molecule has 1 saturated heterocycles. The maximum absolute atomic E-state index is 12.9. The lowest BCUT2D eigenvalue weighted by Gasteiger charge is -2.16. The summed E-state index contributed by atoms with van der Waals surface area (Å²) in [7, 11) is 0. The van der Waals surface area contributed by atoms with Crippen LogP contribution >= 0.6 is 0 Å². The van der Waals surface area contributed by atoms with Crippen LogP contribution < -0.4 is 10.9 Å². The first kappa shape index (κ1) is 16.8. The van der Waals surface area contributed by atoms with E-state index in [1.807, 2.05) is 30.3 Å². The number of nitrogens with one attached hydrogen (secondary N) is 2. The van der Waals surface area contributed by atoms with Gasteiger partial charge in [-0.25, -0.2) is 9.82 Å². The Morgan fingerprint density at radius 2 is 1.76 bits per heavy atom. The number of nitrogens with zero attached hydrogens (tertiary/aromatic N) is 1. The molecule has 1 aliphatic heterocycles. The highest BCUT2D eigenvalue weighted by Crippen LogP contribution is 2.16. The van der Waals surface area contributed by atoms with E-state index in [1.165, 1.54) is 24.3 Å². The third-order valence-electron chi connectivity index (χ3n) is 3.89. The van der Waals surface area contributed by atoms with E-state index in [0.29, 0.717) is 0 Å². The van der Waals surface area contributed by atoms with Crippen molar-refractivity contribution in [1.29, 1.82) is 0 Å². The predicted octanol–water partition coefficient (Wildman–Crippen LogP) is 1.39. The summed E-state index contributed by atoms with van der Waals surface area (Å²) in [4.78, 5) is 37.5. The van der Waals surface area contributed by atoms with E-state index < -0.39 is 23.7 Å². The zero-order valence-electron chi connectivity index (χ0n) is 13.2. The number of amides is 3. The highest BCUT2D eigenvalue weighted by molar-refractivity contribution is 6.05. The molecule has 128 valence electrons. The molecule has 2 aromatic rings. The van der Waals surface area contributed by atoms with Crippen LogP contribution in [-0.4, -0.2) is 28.7 Å². The molecule has 0 spiro atoms. The SMILES string of the molecule is O=C(NNC1CC(=O)N(Cc2ccccc2)C1=O)c1ccc(F)cc1. The van der Waals surface area contributed by atoms with Gasteiger partial charge in [-0.3, -0.25) is 24.7 Å². The second-order valence-electron chi connectivity index (χ2n) is 5.67. The second kappa shape index (κ2) is 7.23. The molecule has 0 aliphatic carbocycles. The number of hydrogen-bond acceptors (Lipinski definition) is 4. The molecule has 1 unspecified atom stereocenters. The first-order chi connectivity index (χ1) is 12.0. The number of carbonyl (C=O) groups is 3. The summed E-state index contributed by atoms with van der Waals surface area (Å²) < 4.78 is 12.9. The minimum atomic E-state index is -0.819. The normalized spacial score (nSPS) is 17.0. The third kappa shape index (κ3) is 3.89. The number of rotatable bonds is 5. The van der Waals surface area contributed by atoms with E-state index in [0.717, 1.165) is 10.5 Å². The van der Waals surface area contributed by atoms with E-state index in [4.69, 9.17) is 0 Å². The van der Waals surface area contributed by atoms with Crippen LogP contribution in [0.1, 0.15) is 22.3 Å². The van der Waals surface area contributed by atoms with Crippen molar-refractivity contribution in [2.75, 3.05) is 0 Å². The summed E-state index contributed by atoms with van der Waals surface area (Å²) >= 11 is 0. The number of likely N-dealkylation sites (tertiary alicyclic amines) is 1. The van der Waals surface area contributed by atoms with Crippen LogP contribution in [-0.2, 0) is 16.1 Å². The lowest BCUT2D eigenvalue weighted by molar-refractivity contribution is -0.139. The smallest absolute Gasteiger partial charge is 0.265 e. The molecule has 1 fully saturated rings. The summed E-state index contributed by atoms with van der Waals surface area (Å²) in [6.45, 7) is 0.197. The number of hydrogen-bond donors (Lipinski definition) is 2. The minimum Gasteiger partial charge on any atom is -0.287 e. The van der Waals surface area contributed by atoms with Crippen LogP contribution in [0.4, 0.5) is 4.39 Å². The standard InChI is InChI=1S/C18H16FN3O3/c19-14-8-6-13(7-9-14)17(24)21-20-15-10-16(23)22(18(15)25)11-12-4-2-1-3-5-12/h1-9,15,20H,10-11H2,(H,21,24). The second-order valence-corrected chi connectivity index (χ2v) is 5.67. The Hall–Kier alpha value is -3.06. The highest BCUT2D eigenvalue weighted by Gasteiger charge is 2.38. The quantitative estimate of drug-likeness (QED) is 0.636. The van der Waals surface area contributed by atoms with Crippen molar-refractivity contribution in [1.82, 2.24) is 15.8 Å². The summed E-state index contributed by atoms with van der Waals surface area (Å²) in [5, 5.41) is 0. The van der Waals surface area contributed by atoms with E-state index in [-0.39, 0.29) is 24.4 Å². The van der Waals surface area contributed by atoms with Crippen molar-refractivity contribution in [3.05, 3.63) is 71.5 Å². The van der Waals surface area contributed by atoms with Crippen LogP contribution in [0, 0.1) is 5.82 Å². The van der Waals surface area contributed by atoms with Gasteiger partial charge in [0.15, 0.2) is 0 Å². The zero-order chi connectivity index (χ0) is 17.8. The molecule has 2 N–H and O–H groups in total. The average molecular weight is 341 g/mol. The number of hydrazine groups is 1. The van der Waals surface area contributed by atoms with Gasteiger partial charge in [0.1, 0.15) is 11.9 Å². The maximum atomic E-state index is 12.9. The topological polar surface area (TPSA) is 78.5 Å². The van der Waals surface area contributed by atoms with Gasteiger partial charge in [-0.1, -0.05) is 30.3 Å². The van der Waals surface area contributed by atoms with Crippen LogP contribution in [0.15, 0.2) is 54.6 Å². The van der Waals surface area contributed by atoms with Gasteiger partial charge in [0.05, 0.1) is 13.0 Å². The van der Waals surface area contributed by atoms with Crippen LogP contribution in [0.25, 0.3) is 0 Å². The third-order valence-corrected chi connectivity index (χ3v) is 3.89. The Morgan fingerprint density at radius 3 is 2.44 bits per heavy atom. The number of halogens is 1. The molecule has 2 aromatic carbocycles. The van der Waals surface area contributed by atoms with Crippen molar-refractivity contribution < 1.29 is 18.8 Å². The number of imide groups is 1. The summed E-state index contributed by atoms with van der Waals surface area (Å²) in [5.74, 6) is -1.66. The van der Waals surface area contributed by atoms with Crippen molar-refractivity contribution >= 4 is 17.7 Å². The molecule has 0 radical (unpaired) electrons. The van der Waals surface area contributed by atoms with Crippen molar-refractivity contribution in [2.24, 2.45) is 0 Å². The number of benzene rings is 2. The fourth-order valence-electron chi connectivity index (χ4n) is 2.55. The minimum absolute atomic E-state index is 0.0324. The van der Waals surface area contributed by atoms with Crippen molar-refractivity contribution in [3.63, 3.8) is 0 Å². The largest absolute Gasteiger partial charge is 0.287 e. The molecule has 1 heterocycles. The van der Waals surface area contributed by atoms with Gasteiger partial charge in [-0.2, -0.15) is 0 Å². The maximum Gasteiger partial charge on any atom is 0.265 e. The van der Waals surface area contributed by atoms with Crippen LogP contribution in [0.3, 0.4) is 0 Å². The predicted molar refractivity (Wildman–Crippen MR) is 87.4 cm³/mol. The van der Waals surface area contributed by atoms with E-state index in [2.05, 4.69) is 10.9 Å². The van der Waals surface area contributed by atoms with Gasteiger partial charge >= 0.3 is 0 Å². The molecule has 25 heavy (non-hydrogen) atoms. The van der Waals surface area contributed by atoms with E-state index in [9.17, 15) is 18.8 Å². The molecule has 1 aliphatic rings. The fraction of sp³-hybridized carbons (Fsp3) is 0.167. The first-order valence-electron chi connectivity index (χ1n) is 7.74. The lowest BCUT2D eigenvalue weighted by Crippen LogP contribution is -2.48. The molecule has 6 nitrogen and oxygen atoms in total. The highest BCUT2D eigenvalue weighted by atomic mass is 19.1. The van der Waals surface area contributed by atoms with Gasteiger partial charge in [0.2, 0.25) is 11.8 Å². The molecule has 3 amide bonds. The van der Waals surface area contributed by atoms with E-state index >= 15 is 0 Å². The van der Waals surface area contributed by atoms with Gasteiger partial charge in [-0.15, -0.1) is 0 Å². The summed E-state index contributed by atoms with van der Waals surface area (Å²) in [6, 6.07) is 13.4. The Labute approximate surface area is 143 Å². The van der Waals surface area contributed by atoms with Crippen LogP contribution in [0.5, 0.6) is 0 Å². The Bertz CT molecular complexity index is 793. The van der Waals surface area contributed by atoms with Gasteiger partial charge in [-0.05, 0) is 29.8 Å². The molecular formula is C18H16FN3O3. The van der Waals surface area contributed by atoms with Gasteiger partial charge < -0.3 is 0 Å². The van der Waals surface area contributed by atoms with Gasteiger partial charge in [0.25, 0.3) is 5.91 Å². The zero-order valence-corrected chi connectivity index (χ0v) is 13.2. The van der Waals surface area contributed by atoms with E-state index in [1.54, 1.807) is 0 Å². The van der Waals surface area contributed by atoms with Crippen molar-refractivity contribution in [2.45, 2.75) is 19.0 Å². The molecular weight excluding hydrogens is 325 g/mol. The Balaban J connectivity index is 1.58. The number of carbonyl (C=O) groups excluding carboxylic acids is 3. The molecule has 0 bridgehead atoms. The fourth-order valence-corrected chi connectivity index (χ4v) is 2.55. The lowest BCUT2D eigenvalue weighted by atomic mass is 10.2. The first-order valence-corrected chi connectivity index (χ1v) is 7.74. The molecule has 0 saturated carbocycles. The summed E-state index contributed by atoms with van der Waals surface area (Å²) in [6.07, 6.45) is -0.0324. The van der Waals surface area contributed by atoms with Gasteiger partial charge in [0, 0.05) is 5.56 Å². The molecule has 1 atom stereocenters. The Kier molecular flexibility index (Phi) is 4.85. The molecule has 7 heteroatoms. The Morgan fingerprint density at radius 1 is 1.08 bits per heavy atom. The van der Waals surface area contributed by atoms with Crippen LogP contribution in [0.2, 0.25) is 0 Å².